The number of anilines is 1. The van der Waals surface area contributed by atoms with Crippen LogP contribution in [0.1, 0.15) is 32.1 Å². The van der Waals surface area contributed by atoms with Gasteiger partial charge in [0.1, 0.15) is 0 Å². The zero-order valence-electron chi connectivity index (χ0n) is 10.1. The maximum atomic E-state index is 12.1. The maximum Gasteiger partial charge on any atom is 0.244 e. The summed E-state index contributed by atoms with van der Waals surface area (Å²) in [4.78, 5) is 12.1. The Hall–Kier alpha value is -0.580. The molecular weight excluding hydrogens is 316 g/mol. The predicted molar refractivity (Wildman–Crippen MR) is 80.0 cm³/mol. The van der Waals surface area contributed by atoms with Crippen molar-refractivity contribution in [2.75, 3.05) is 5.32 Å². The molecule has 0 radical (unpaired) electrons. The van der Waals surface area contributed by atoms with Crippen LogP contribution in [0.25, 0.3) is 0 Å². The Morgan fingerprint density at radius 2 is 1.72 bits per heavy atom. The molecule has 1 aliphatic rings. The summed E-state index contributed by atoms with van der Waals surface area (Å²) in [5, 5.41) is 2.89. The lowest BCUT2D eigenvalue weighted by atomic mass is 9.82. The second-order valence-corrected chi connectivity index (χ2v) is 5.59. The monoisotopic (exact) mass is 332 g/mol. The molecule has 0 heterocycles. The minimum Gasteiger partial charge on any atom is -0.324 e. The molecule has 3 N–H and O–H groups in total. The van der Waals surface area contributed by atoms with E-state index in [1.807, 2.05) is 24.3 Å². The third kappa shape index (κ3) is 3.70. The topological polar surface area (TPSA) is 55.1 Å². The summed E-state index contributed by atoms with van der Waals surface area (Å²) in [5.41, 5.74) is 6.28. The number of benzene rings is 1. The molecule has 0 saturated heterocycles. The molecule has 0 spiro atoms. The zero-order valence-corrected chi connectivity index (χ0v) is 12.5. The average Bonchev–Trinajstić information content (AvgIpc) is 2.33. The largest absolute Gasteiger partial charge is 0.324 e. The van der Waals surface area contributed by atoms with Crippen LogP contribution >= 0.6 is 28.3 Å². The number of nitrogens with one attached hydrogen (secondary N) is 1. The van der Waals surface area contributed by atoms with Gasteiger partial charge in [0.2, 0.25) is 5.91 Å². The van der Waals surface area contributed by atoms with Gasteiger partial charge in [-0.05, 0) is 37.1 Å². The van der Waals surface area contributed by atoms with E-state index in [1.165, 1.54) is 6.42 Å². The lowest BCUT2D eigenvalue weighted by Crippen LogP contribution is -2.52. The Morgan fingerprint density at radius 1 is 1.17 bits per heavy atom. The molecule has 1 amide bonds. The number of nitrogens with two attached hydrogens (primary N) is 1. The number of rotatable bonds is 2. The van der Waals surface area contributed by atoms with Gasteiger partial charge in [-0.25, -0.2) is 0 Å². The number of carbonyl (C=O) groups is 1. The van der Waals surface area contributed by atoms with Gasteiger partial charge in [0, 0.05) is 10.2 Å². The second kappa shape index (κ2) is 6.55. The molecule has 0 aliphatic heterocycles. The van der Waals surface area contributed by atoms with Crippen molar-refractivity contribution >= 4 is 39.9 Å². The van der Waals surface area contributed by atoms with E-state index in [0.29, 0.717) is 0 Å². The Bertz CT molecular complexity index is 402. The van der Waals surface area contributed by atoms with E-state index in [-0.39, 0.29) is 18.3 Å². The zero-order chi connectivity index (χ0) is 12.3. The number of amides is 1. The lowest BCUT2D eigenvalue weighted by Gasteiger charge is -2.31. The van der Waals surface area contributed by atoms with Crippen molar-refractivity contribution in [2.24, 2.45) is 5.73 Å². The second-order valence-electron chi connectivity index (χ2n) is 4.68. The van der Waals surface area contributed by atoms with Crippen LogP contribution in [0.5, 0.6) is 0 Å². The Balaban J connectivity index is 0.00000162. The number of hydrogen-bond donors (Lipinski definition) is 2. The molecule has 100 valence electrons. The van der Waals surface area contributed by atoms with E-state index >= 15 is 0 Å². The summed E-state index contributed by atoms with van der Waals surface area (Å²) < 4.78 is 0.996. The minimum atomic E-state index is -0.675. The van der Waals surface area contributed by atoms with E-state index < -0.39 is 5.54 Å². The van der Waals surface area contributed by atoms with Crippen LogP contribution in [0.15, 0.2) is 28.7 Å². The van der Waals surface area contributed by atoms with Crippen LogP contribution in [0.4, 0.5) is 5.69 Å². The lowest BCUT2D eigenvalue weighted by molar-refractivity contribution is -0.122. The Labute approximate surface area is 122 Å². The van der Waals surface area contributed by atoms with Crippen molar-refractivity contribution in [1.29, 1.82) is 0 Å². The molecular formula is C13H18BrClN2O. The highest BCUT2D eigenvalue weighted by Gasteiger charge is 2.35. The quantitative estimate of drug-likeness (QED) is 0.870. The van der Waals surface area contributed by atoms with Crippen molar-refractivity contribution in [3.63, 3.8) is 0 Å². The molecule has 0 aromatic heterocycles. The van der Waals surface area contributed by atoms with Crippen LogP contribution in [0.2, 0.25) is 0 Å². The molecule has 0 unspecified atom stereocenters. The third-order valence-electron chi connectivity index (χ3n) is 3.30. The Morgan fingerprint density at radius 3 is 2.28 bits per heavy atom. The summed E-state index contributed by atoms with van der Waals surface area (Å²) in [6.07, 6.45) is 4.85. The molecule has 1 fully saturated rings. The smallest absolute Gasteiger partial charge is 0.244 e. The molecule has 2 rings (SSSR count). The average molecular weight is 334 g/mol. The van der Waals surface area contributed by atoms with Crippen LogP contribution in [-0.4, -0.2) is 11.4 Å². The Kier molecular flexibility index (Phi) is 5.63. The molecule has 3 nitrogen and oxygen atoms in total. The van der Waals surface area contributed by atoms with Crippen molar-refractivity contribution in [3.8, 4) is 0 Å². The van der Waals surface area contributed by atoms with Gasteiger partial charge in [0.05, 0.1) is 5.54 Å². The van der Waals surface area contributed by atoms with Gasteiger partial charge in [-0.15, -0.1) is 12.4 Å². The van der Waals surface area contributed by atoms with Gasteiger partial charge in [-0.3, -0.25) is 4.79 Å². The highest BCUT2D eigenvalue weighted by molar-refractivity contribution is 9.10. The van der Waals surface area contributed by atoms with Gasteiger partial charge < -0.3 is 11.1 Å². The van der Waals surface area contributed by atoms with E-state index in [4.69, 9.17) is 5.73 Å². The summed E-state index contributed by atoms with van der Waals surface area (Å²) >= 11 is 3.36. The van der Waals surface area contributed by atoms with E-state index in [9.17, 15) is 4.79 Å². The van der Waals surface area contributed by atoms with Gasteiger partial charge in [-0.1, -0.05) is 35.2 Å². The van der Waals surface area contributed by atoms with Gasteiger partial charge in [0.25, 0.3) is 0 Å². The normalized spacial score (nSPS) is 17.7. The van der Waals surface area contributed by atoms with Gasteiger partial charge >= 0.3 is 0 Å². The van der Waals surface area contributed by atoms with Crippen molar-refractivity contribution in [1.82, 2.24) is 0 Å². The maximum absolute atomic E-state index is 12.1. The van der Waals surface area contributed by atoms with Gasteiger partial charge in [0.15, 0.2) is 0 Å². The van der Waals surface area contributed by atoms with Crippen LogP contribution < -0.4 is 11.1 Å². The molecule has 0 bridgehead atoms. The van der Waals surface area contributed by atoms with Crippen molar-refractivity contribution in [2.45, 2.75) is 37.6 Å². The molecule has 18 heavy (non-hydrogen) atoms. The first kappa shape index (κ1) is 15.5. The molecule has 1 aliphatic carbocycles. The summed E-state index contributed by atoms with van der Waals surface area (Å²) in [6.45, 7) is 0. The molecule has 1 aromatic rings. The standard InChI is InChI=1S/C13H17BrN2O.ClH/c14-10-4-6-11(7-5-10)16-12(17)13(15)8-2-1-3-9-13;/h4-7H,1-3,8-9,15H2,(H,16,17);1H. The number of hydrogen-bond acceptors (Lipinski definition) is 2. The van der Waals surface area contributed by atoms with E-state index in [1.54, 1.807) is 0 Å². The van der Waals surface area contributed by atoms with Crippen LogP contribution in [0, 0.1) is 0 Å². The molecule has 1 saturated carbocycles. The molecule has 1 aromatic carbocycles. The molecule has 5 heteroatoms. The van der Waals surface area contributed by atoms with Crippen molar-refractivity contribution < 1.29 is 4.79 Å². The number of carbonyl (C=O) groups excluding carboxylic acids is 1. The molecule has 0 atom stereocenters. The van der Waals surface area contributed by atoms with E-state index in [2.05, 4.69) is 21.2 Å². The third-order valence-corrected chi connectivity index (χ3v) is 3.83. The minimum absolute atomic E-state index is 0. The number of halogens is 2. The van der Waals surface area contributed by atoms with Crippen molar-refractivity contribution in [3.05, 3.63) is 28.7 Å². The predicted octanol–water partition coefficient (Wildman–Crippen LogP) is 3.47. The van der Waals surface area contributed by atoms with E-state index in [0.717, 1.165) is 35.8 Å². The fourth-order valence-corrected chi connectivity index (χ4v) is 2.46. The first-order valence-electron chi connectivity index (χ1n) is 5.96. The SMILES string of the molecule is Cl.NC1(C(=O)Nc2ccc(Br)cc2)CCCCC1. The fourth-order valence-electron chi connectivity index (χ4n) is 2.20. The van der Waals surface area contributed by atoms with Crippen LogP contribution in [0.3, 0.4) is 0 Å². The summed E-state index contributed by atoms with van der Waals surface area (Å²) in [7, 11) is 0. The first-order chi connectivity index (χ1) is 8.10. The van der Waals surface area contributed by atoms with Crippen LogP contribution in [-0.2, 0) is 4.79 Å². The highest BCUT2D eigenvalue weighted by Crippen LogP contribution is 2.27. The van der Waals surface area contributed by atoms with Gasteiger partial charge in [-0.2, -0.15) is 0 Å². The fraction of sp³-hybridized carbons (Fsp3) is 0.462. The summed E-state index contributed by atoms with van der Waals surface area (Å²) in [5.74, 6) is -0.0560. The first-order valence-corrected chi connectivity index (χ1v) is 6.75. The summed E-state index contributed by atoms with van der Waals surface area (Å²) in [6, 6.07) is 7.54. The highest BCUT2D eigenvalue weighted by atomic mass is 79.9.